The Labute approximate surface area is 156 Å². The lowest BCUT2D eigenvalue weighted by atomic mass is 10.2. The van der Waals surface area contributed by atoms with Crippen LogP contribution in [-0.4, -0.2) is 11.0 Å². The first-order valence-corrected chi connectivity index (χ1v) is 8.48. The molecule has 140 valence electrons. The smallest absolute Gasteiger partial charge is 0.315 e. The molecule has 0 spiro atoms. The van der Waals surface area contributed by atoms with Gasteiger partial charge in [-0.2, -0.15) is 0 Å². The van der Waals surface area contributed by atoms with Crippen molar-refractivity contribution >= 4 is 6.03 Å². The molecule has 1 unspecified atom stereocenters. The zero-order valence-electron chi connectivity index (χ0n) is 15.0. The second-order valence-electron chi connectivity index (χ2n) is 6.06. The second kappa shape index (κ2) is 8.35. The summed E-state index contributed by atoms with van der Waals surface area (Å²) in [6.07, 6.45) is 1.61. The number of nitrogens with one attached hydrogen (secondary N) is 2. The van der Waals surface area contributed by atoms with E-state index in [2.05, 4.69) is 15.6 Å². The first-order valence-electron chi connectivity index (χ1n) is 8.48. The summed E-state index contributed by atoms with van der Waals surface area (Å²) in [5.74, 6) is 2.05. The van der Waals surface area contributed by atoms with Gasteiger partial charge in [0, 0.05) is 18.8 Å². The third-order valence-electron chi connectivity index (χ3n) is 3.82. The predicted octanol–water partition coefficient (Wildman–Crippen LogP) is 4.47. The van der Waals surface area contributed by atoms with E-state index in [-0.39, 0.29) is 17.9 Å². The van der Waals surface area contributed by atoms with E-state index in [9.17, 15) is 9.18 Å². The maximum absolute atomic E-state index is 12.9. The fraction of sp³-hybridized carbons (Fsp3) is 0.200. The minimum Gasteiger partial charge on any atom is -0.464 e. The Balaban J connectivity index is 1.48. The highest BCUT2D eigenvalue weighted by molar-refractivity contribution is 5.74. The molecule has 27 heavy (non-hydrogen) atoms. The minimum atomic E-state index is -0.327. The summed E-state index contributed by atoms with van der Waals surface area (Å²) in [5, 5.41) is 5.58. The normalized spacial score (nSPS) is 11.7. The van der Waals surface area contributed by atoms with Crippen molar-refractivity contribution in [2.45, 2.75) is 26.4 Å². The maximum atomic E-state index is 12.9. The summed E-state index contributed by atoms with van der Waals surface area (Å²) < 4.78 is 23.9. The second-order valence-corrected chi connectivity index (χ2v) is 6.06. The average molecular weight is 369 g/mol. The summed E-state index contributed by atoms with van der Waals surface area (Å²) in [4.78, 5) is 16.2. The molecule has 0 saturated carbocycles. The molecule has 0 bridgehead atoms. The number of halogens is 1. The Bertz CT molecular complexity index is 892. The van der Waals surface area contributed by atoms with Crippen LogP contribution in [0.3, 0.4) is 0 Å². The quantitative estimate of drug-likeness (QED) is 0.672. The molecule has 0 fully saturated rings. The van der Waals surface area contributed by atoms with Crippen molar-refractivity contribution in [1.82, 2.24) is 15.6 Å². The van der Waals surface area contributed by atoms with E-state index in [0.717, 1.165) is 11.3 Å². The van der Waals surface area contributed by atoms with Gasteiger partial charge >= 0.3 is 6.03 Å². The number of hydrogen-bond donors (Lipinski definition) is 2. The highest BCUT2D eigenvalue weighted by Crippen LogP contribution is 2.19. The van der Waals surface area contributed by atoms with E-state index in [1.807, 2.05) is 26.0 Å². The molecule has 7 heteroatoms. The Morgan fingerprint density at radius 1 is 1.19 bits per heavy atom. The van der Waals surface area contributed by atoms with Gasteiger partial charge in [0.1, 0.15) is 23.1 Å². The van der Waals surface area contributed by atoms with E-state index in [4.69, 9.17) is 9.15 Å². The van der Waals surface area contributed by atoms with Gasteiger partial charge in [0.2, 0.25) is 5.88 Å². The van der Waals surface area contributed by atoms with Crippen LogP contribution in [0, 0.1) is 12.7 Å². The van der Waals surface area contributed by atoms with Crippen LogP contribution < -0.4 is 15.4 Å². The number of pyridine rings is 1. The molecule has 2 heterocycles. The van der Waals surface area contributed by atoms with Gasteiger partial charge in [0.15, 0.2) is 0 Å². The number of carbonyl (C=O) groups is 1. The number of aryl methyl sites for hydroxylation is 1. The van der Waals surface area contributed by atoms with Crippen molar-refractivity contribution < 1.29 is 18.3 Å². The van der Waals surface area contributed by atoms with Gasteiger partial charge in [-0.1, -0.05) is 6.07 Å². The SMILES string of the molecule is Cc1ccc(C(C)NC(=O)NCc2ccc(Oc3ccc(F)cc3)nc2)o1. The minimum absolute atomic E-state index is 0.233. The number of nitrogens with zero attached hydrogens (tertiary/aromatic N) is 1. The van der Waals surface area contributed by atoms with Crippen molar-refractivity contribution in [1.29, 1.82) is 0 Å². The van der Waals surface area contributed by atoms with Crippen molar-refractivity contribution in [2.75, 3.05) is 0 Å². The number of benzene rings is 1. The van der Waals surface area contributed by atoms with Crippen LogP contribution in [0.4, 0.5) is 9.18 Å². The Kier molecular flexibility index (Phi) is 5.71. The van der Waals surface area contributed by atoms with Crippen LogP contribution in [0.25, 0.3) is 0 Å². The molecule has 0 radical (unpaired) electrons. The Morgan fingerprint density at radius 3 is 2.59 bits per heavy atom. The maximum Gasteiger partial charge on any atom is 0.315 e. The summed E-state index contributed by atoms with van der Waals surface area (Å²) in [6, 6.07) is 12.3. The lowest BCUT2D eigenvalue weighted by molar-refractivity contribution is 0.235. The number of rotatable bonds is 6. The summed E-state index contributed by atoms with van der Waals surface area (Å²) in [6.45, 7) is 4.02. The number of furan rings is 1. The van der Waals surface area contributed by atoms with E-state index in [0.29, 0.717) is 23.9 Å². The monoisotopic (exact) mass is 369 g/mol. The van der Waals surface area contributed by atoms with Crippen LogP contribution in [-0.2, 0) is 6.54 Å². The number of amides is 2. The van der Waals surface area contributed by atoms with Crippen LogP contribution in [0.5, 0.6) is 11.6 Å². The van der Waals surface area contributed by atoms with E-state index in [1.54, 1.807) is 18.3 Å². The van der Waals surface area contributed by atoms with Crippen LogP contribution in [0.15, 0.2) is 59.1 Å². The zero-order valence-corrected chi connectivity index (χ0v) is 15.0. The van der Waals surface area contributed by atoms with Crippen molar-refractivity contribution in [3.8, 4) is 11.6 Å². The van der Waals surface area contributed by atoms with Gasteiger partial charge in [0.05, 0.1) is 6.04 Å². The Morgan fingerprint density at radius 2 is 1.96 bits per heavy atom. The number of aromatic nitrogens is 1. The van der Waals surface area contributed by atoms with E-state index < -0.39 is 0 Å². The van der Waals surface area contributed by atoms with Crippen LogP contribution >= 0.6 is 0 Å². The zero-order chi connectivity index (χ0) is 19.2. The molecular weight excluding hydrogens is 349 g/mol. The lowest BCUT2D eigenvalue weighted by Crippen LogP contribution is -2.36. The first-order chi connectivity index (χ1) is 13.0. The third-order valence-corrected chi connectivity index (χ3v) is 3.82. The van der Waals surface area contributed by atoms with E-state index in [1.165, 1.54) is 24.3 Å². The molecule has 2 amide bonds. The molecule has 0 aliphatic carbocycles. The molecule has 6 nitrogen and oxygen atoms in total. The van der Waals surface area contributed by atoms with Crippen LogP contribution in [0.2, 0.25) is 0 Å². The van der Waals surface area contributed by atoms with Crippen LogP contribution in [0.1, 0.15) is 30.0 Å². The molecule has 2 aromatic heterocycles. The molecule has 0 saturated heterocycles. The van der Waals surface area contributed by atoms with Gasteiger partial charge in [-0.25, -0.2) is 14.2 Å². The predicted molar refractivity (Wildman–Crippen MR) is 97.9 cm³/mol. The molecule has 3 aromatic rings. The van der Waals surface area contributed by atoms with E-state index >= 15 is 0 Å². The van der Waals surface area contributed by atoms with Gasteiger partial charge in [-0.3, -0.25) is 0 Å². The number of ether oxygens (including phenoxy) is 1. The summed E-state index contributed by atoms with van der Waals surface area (Å²) in [5.41, 5.74) is 0.818. The number of carbonyl (C=O) groups excluding carboxylic acids is 1. The third kappa shape index (κ3) is 5.31. The highest BCUT2D eigenvalue weighted by atomic mass is 19.1. The summed E-state index contributed by atoms with van der Waals surface area (Å²) in [7, 11) is 0. The van der Waals surface area contributed by atoms with Gasteiger partial charge in [-0.15, -0.1) is 0 Å². The largest absolute Gasteiger partial charge is 0.464 e. The molecule has 0 aliphatic heterocycles. The van der Waals surface area contributed by atoms with Gasteiger partial charge < -0.3 is 19.8 Å². The highest BCUT2D eigenvalue weighted by Gasteiger charge is 2.12. The first kappa shape index (κ1) is 18.4. The molecule has 0 aliphatic rings. The number of urea groups is 1. The average Bonchev–Trinajstić information content (AvgIpc) is 3.10. The molecular formula is C20H20FN3O3. The fourth-order valence-corrected chi connectivity index (χ4v) is 2.39. The summed E-state index contributed by atoms with van der Waals surface area (Å²) >= 11 is 0. The molecule has 1 atom stereocenters. The molecule has 2 N–H and O–H groups in total. The van der Waals surface area contributed by atoms with Crippen molar-refractivity contribution in [2.24, 2.45) is 0 Å². The fourth-order valence-electron chi connectivity index (χ4n) is 2.39. The molecule has 3 rings (SSSR count). The van der Waals surface area contributed by atoms with Gasteiger partial charge in [-0.05, 0) is 55.8 Å². The van der Waals surface area contributed by atoms with Crippen molar-refractivity contribution in [3.05, 3.63) is 77.6 Å². The molecule has 1 aromatic carbocycles. The van der Waals surface area contributed by atoms with Crippen molar-refractivity contribution in [3.63, 3.8) is 0 Å². The Hall–Kier alpha value is -3.35. The van der Waals surface area contributed by atoms with Gasteiger partial charge in [0.25, 0.3) is 0 Å². The standard InChI is InChI=1S/C20H20FN3O3/c1-13-3-9-18(26-13)14(2)24-20(25)23-12-15-4-10-19(22-11-15)27-17-7-5-16(21)6-8-17/h3-11,14H,12H2,1-2H3,(H2,23,24,25). The topological polar surface area (TPSA) is 76.4 Å². The number of hydrogen-bond acceptors (Lipinski definition) is 4. The lowest BCUT2D eigenvalue weighted by Gasteiger charge is -2.12.